The number of aromatic nitrogens is 4. The monoisotopic (exact) mass is 805 g/mol. The van der Waals surface area contributed by atoms with Crippen LogP contribution in [0.4, 0.5) is 0 Å². The van der Waals surface area contributed by atoms with E-state index in [-0.39, 0.29) is 120 Å². The zero-order valence-corrected chi connectivity index (χ0v) is 26.5. The third-order valence-corrected chi connectivity index (χ3v) is 2.01. The number of carboxylic acid groups (broad SMARTS) is 5. The van der Waals surface area contributed by atoms with Crippen LogP contribution < -0.4 is 9.97 Å². The number of carboxylic acids is 5. The first-order chi connectivity index (χ1) is 12.0. The molecule has 1 radical (unpaired) electrons. The molecule has 0 aromatic carbocycles. The summed E-state index contributed by atoms with van der Waals surface area (Å²) < 4.78 is 0. The van der Waals surface area contributed by atoms with E-state index in [1.165, 1.54) is 0 Å². The summed E-state index contributed by atoms with van der Waals surface area (Å²) in [6.07, 6.45) is 1.79. The number of imidazole rings is 2. The minimum Gasteiger partial charge on any atom is -0.481 e. The quantitative estimate of drug-likeness (QED) is 0.187. The van der Waals surface area contributed by atoms with Crippen molar-refractivity contribution in [3.8, 4) is 0 Å². The van der Waals surface area contributed by atoms with Gasteiger partial charge in [0.05, 0.1) is 22.8 Å². The molecule has 0 aliphatic carbocycles. The Morgan fingerprint density at radius 1 is 0.656 bits per heavy atom. The fourth-order valence-electron chi connectivity index (χ4n) is 1.16. The SMILES string of the molecule is CC(=O)O.O.O.O.O=C(O)c1nc[n-]c1C(=O)O.O=C(O)c1nc[n-]c1C(=O)O.[Cd].[Cd].[Eu]. The van der Waals surface area contributed by atoms with Crippen LogP contribution in [0.15, 0.2) is 12.7 Å². The van der Waals surface area contributed by atoms with Crippen LogP contribution in [0.3, 0.4) is 0 Å². The van der Waals surface area contributed by atoms with Crippen LogP contribution in [0.2, 0.25) is 0 Å². The molecule has 0 unspecified atom stereocenters. The van der Waals surface area contributed by atoms with Gasteiger partial charge in [-0.15, -0.1) is 0 Å². The third-order valence-electron chi connectivity index (χ3n) is 2.01. The van der Waals surface area contributed by atoms with Gasteiger partial charge in [-0.1, -0.05) is 12.7 Å². The Kier molecular flexibility index (Phi) is 37.5. The van der Waals surface area contributed by atoms with E-state index in [9.17, 15) is 19.2 Å². The number of rotatable bonds is 4. The van der Waals surface area contributed by atoms with Crippen LogP contribution in [0.25, 0.3) is 0 Å². The molecule has 0 aliphatic rings. The summed E-state index contributed by atoms with van der Waals surface area (Å²) in [5, 5.41) is 40.8. The third kappa shape index (κ3) is 18.6. The molecule has 2 rings (SSSR count). The van der Waals surface area contributed by atoms with Gasteiger partial charge in [0.2, 0.25) is 0 Å². The molecule has 0 amide bonds. The predicted molar refractivity (Wildman–Crippen MR) is 87.1 cm³/mol. The van der Waals surface area contributed by atoms with E-state index in [2.05, 4.69) is 19.9 Å². The first kappa shape index (κ1) is 48.5. The van der Waals surface area contributed by atoms with Crippen molar-refractivity contribution < 1.29 is 170 Å². The van der Waals surface area contributed by atoms with Crippen molar-refractivity contribution >= 4 is 29.8 Å². The Morgan fingerprint density at radius 2 is 0.875 bits per heavy atom. The average Bonchev–Trinajstić information content (AvgIpc) is 3.16. The van der Waals surface area contributed by atoms with Gasteiger partial charge in [0.1, 0.15) is 0 Å². The summed E-state index contributed by atoms with van der Waals surface area (Å²) in [6.45, 7) is 1.08. The van der Waals surface area contributed by atoms with Crippen LogP contribution in [0.5, 0.6) is 0 Å². The van der Waals surface area contributed by atoms with Crippen LogP contribution in [-0.2, 0) is 59.4 Å². The second-order valence-corrected chi connectivity index (χ2v) is 3.88. The van der Waals surface area contributed by atoms with Crippen LogP contribution in [-0.4, -0.2) is 81.8 Å². The van der Waals surface area contributed by atoms with Gasteiger partial charge in [0, 0.05) is 111 Å². The van der Waals surface area contributed by atoms with E-state index in [4.69, 9.17) is 30.3 Å². The Labute approximate surface area is 258 Å². The molecular weight excluding hydrogens is 785 g/mol. The molecule has 2 aromatic rings. The van der Waals surface area contributed by atoms with Crippen molar-refractivity contribution in [2.45, 2.75) is 6.92 Å². The molecule has 20 heteroatoms. The molecule has 175 valence electrons. The molecule has 32 heavy (non-hydrogen) atoms. The van der Waals surface area contributed by atoms with Crippen LogP contribution in [0.1, 0.15) is 48.9 Å². The summed E-state index contributed by atoms with van der Waals surface area (Å²) in [4.78, 5) is 62.9. The number of carbonyl (C=O) groups is 5. The maximum atomic E-state index is 10.2. The van der Waals surface area contributed by atoms with Crippen LogP contribution in [0, 0.1) is 49.4 Å². The fourth-order valence-corrected chi connectivity index (χ4v) is 1.16. The Bertz CT molecular complexity index is 719. The molecule has 0 bridgehead atoms. The molecule has 0 saturated heterocycles. The maximum Gasteiger partial charge on any atom is 0.332 e. The van der Waals surface area contributed by atoms with Crippen molar-refractivity contribution in [2.24, 2.45) is 0 Å². The molecule has 2 heterocycles. The number of aromatic carboxylic acids is 4. The standard InChI is InChI=1S/2C5H4N2O4.C2H4O2.2Cd.Eu.3H2O/c2*8-4(9)2-3(5(10)11)7-1-6-2;1-2(3)4;;;;;;/h2*1H,(H3,6,7,8,9,10,11);1H3,(H,3,4);;;;3*1H2/p-2. The van der Waals surface area contributed by atoms with E-state index in [0.29, 0.717) is 0 Å². The van der Waals surface area contributed by atoms with E-state index in [0.717, 1.165) is 19.6 Å². The maximum absolute atomic E-state index is 10.2. The summed E-state index contributed by atoms with van der Waals surface area (Å²) in [7, 11) is 0. The van der Waals surface area contributed by atoms with Gasteiger partial charge in [-0.2, -0.15) is 0 Å². The number of nitrogens with zero attached hydrogens (tertiary/aromatic N) is 4. The van der Waals surface area contributed by atoms with E-state index in [1.54, 1.807) is 0 Å². The number of hydrogen-bond acceptors (Lipinski definition) is 7. The molecular formula is C12H16Cd2EuN4O13-2. The molecule has 0 saturated carbocycles. The van der Waals surface area contributed by atoms with Gasteiger partial charge in [-0.25, -0.2) is 19.2 Å². The first-order valence-electron chi connectivity index (χ1n) is 6.07. The topological polar surface area (TPSA) is 335 Å². The second-order valence-electron chi connectivity index (χ2n) is 3.88. The molecule has 0 spiro atoms. The Balaban J connectivity index is -0.0000000577. The normalized spacial score (nSPS) is 7.28. The molecule has 2 aromatic heterocycles. The van der Waals surface area contributed by atoms with Crippen molar-refractivity contribution in [3.63, 3.8) is 0 Å². The fraction of sp³-hybridized carbons (Fsp3) is 0.0833. The van der Waals surface area contributed by atoms with Gasteiger partial charge in [-0.05, 0) is 0 Å². The van der Waals surface area contributed by atoms with Crippen molar-refractivity contribution in [3.05, 3.63) is 35.4 Å². The minimum absolute atomic E-state index is 0. The van der Waals surface area contributed by atoms with E-state index >= 15 is 0 Å². The predicted octanol–water partition coefficient (Wildman–Crippen LogP) is -3.52. The van der Waals surface area contributed by atoms with Gasteiger partial charge in [0.15, 0.2) is 0 Å². The summed E-state index contributed by atoms with van der Waals surface area (Å²) >= 11 is 0. The summed E-state index contributed by atoms with van der Waals surface area (Å²) in [6, 6.07) is 0. The van der Waals surface area contributed by atoms with Crippen molar-refractivity contribution in [2.75, 3.05) is 0 Å². The Hall–Kier alpha value is -0.921. The number of aliphatic carboxylic acids is 1. The van der Waals surface area contributed by atoms with Gasteiger partial charge < -0.3 is 61.9 Å². The molecule has 0 fully saturated rings. The summed E-state index contributed by atoms with van der Waals surface area (Å²) in [5.74, 6) is -6.39. The smallest absolute Gasteiger partial charge is 0.332 e. The Morgan fingerprint density at radius 3 is 1.00 bits per heavy atom. The summed E-state index contributed by atoms with van der Waals surface area (Å²) in [5.41, 5.74) is -2.12. The zero-order chi connectivity index (χ0) is 20.4. The average molecular weight is 801 g/mol. The number of hydrogen-bond donors (Lipinski definition) is 5. The molecule has 11 N–H and O–H groups in total. The van der Waals surface area contributed by atoms with Crippen LogP contribution >= 0.6 is 0 Å². The zero-order valence-electron chi connectivity index (χ0n) is 16.0. The minimum atomic E-state index is -1.39. The van der Waals surface area contributed by atoms with Gasteiger partial charge >= 0.3 is 23.9 Å². The van der Waals surface area contributed by atoms with E-state index in [1.807, 2.05) is 0 Å². The van der Waals surface area contributed by atoms with Gasteiger partial charge in [0.25, 0.3) is 5.97 Å². The molecule has 0 aliphatic heterocycles. The van der Waals surface area contributed by atoms with E-state index < -0.39 is 52.6 Å². The van der Waals surface area contributed by atoms with Crippen molar-refractivity contribution in [1.29, 1.82) is 0 Å². The van der Waals surface area contributed by atoms with Gasteiger partial charge in [-0.3, -0.25) is 4.79 Å². The molecule has 0 atom stereocenters. The largest absolute Gasteiger partial charge is 0.481 e. The second kappa shape index (κ2) is 24.7. The van der Waals surface area contributed by atoms with Crippen molar-refractivity contribution in [1.82, 2.24) is 19.9 Å². The molecule has 17 nitrogen and oxygen atoms in total. The first-order valence-corrected chi connectivity index (χ1v) is 6.07.